The average Bonchev–Trinajstić information content (AvgIpc) is 2.97. The van der Waals surface area contributed by atoms with Crippen LogP contribution in [0.1, 0.15) is 35.3 Å². The summed E-state index contributed by atoms with van der Waals surface area (Å²) in [6.45, 7) is 3.14. The van der Waals surface area contributed by atoms with Crippen LogP contribution >= 0.6 is 11.6 Å². The van der Waals surface area contributed by atoms with Crippen molar-refractivity contribution in [2.24, 2.45) is 18.2 Å². The quantitative estimate of drug-likeness (QED) is 0.801. The zero-order valence-electron chi connectivity index (χ0n) is 16.2. The fourth-order valence-corrected chi connectivity index (χ4v) is 4.02. The van der Waals surface area contributed by atoms with E-state index in [1.54, 1.807) is 41.0 Å². The third-order valence-corrected chi connectivity index (χ3v) is 5.32. The first-order valence-electron chi connectivity index (χ1n) is 9.24. The van der Waals surface area contributed by atoms with Gasteiger partial charge in [0.05, 0.1) is 17.9 Å². The first-order valence-corrected chi connectivity index (χ1v) is 9.62. The minimum Gasteiger partial charge on any atom is -0.493 e. The fourth-order valence-electron chi connectivity index (χ4n) is 3.84. The lowest BCUT2D eigenvalue weighted by Crippen LogP contribution is -2.50. The van der Waals surface area contributed by atoms with E-state index in [-0.39, 0.29) is 18.9 Å². The second-order valence-electron chi connectivity index (χ2n) is 7.52. The van der Waals surface area contributed by atoms with Gasteiger partial charge in [-0.25, -0.2) is 0 Å². The number of hydrogen-bond acceptors (Lipinski definition) is 4. The van der Waals surface area contributed by atoms with Crippen molar-refractivity contribution in [1.82, 2.24) is 14.7 Å². The fraction of sp³-hybridized carbons (Fsp3) is 0.450. The monoisotopic (exact) mass is 404 g/mol. The number of piperidine rings is 1. The van der Waals surface area contributed by atoms with Gasteiger partial charge in [-0.2, -0.15) is 5.10 Å². The summed E-state index contributed by atoms with van der Waals surface area (Å²) in [6.07, 6.45) is 3.41. The largest absolute Gasteiger partial charge is 0.493 e. The topological polar surface area (TPSA) is 90.4 Å². The smallest absolute Gasteiger partial charge is 0.257 e. The van der Waals surface area contributed by atoms with Crippen molar-refractivity contribution in [1.29, 1.82) is 0 Å². The highest BCUT2D eigenvalue weighted by Crippen LogP contribution is 2.35. The van der Waals surface area contributed by atoms with Crippen LogP contribution in [0, 0.1) is 12.3 Å². The summed E-state index contributed by atoms with van der Waals surface area (Å²) in [4.78, 5) is 26.6. The Labute approximate surface area is 169 Å². The number of carbonyl (C=O) groups is 2. The van der Waals surface area contributed by atoms with E-state index in [0.717, 1.165) is 12.8 Å². The molecule has 0 saturated carbocycles. The van der Waals surface area contributed by atoms with E-state index >= 15 is 0 Å². The Kier molecular flexibility index (Phi) is 5.93. The second-order valence-corrected chi connectivity index (χ2v) is 7.96. The number of aryl methyl sites for hydroxylation is 2. The van der Waals surface area contributed by atoms with E-state index in [1.165, 1.54) is 0 Å². The highest BCUT2D eigenvalue weighted by molar-refractivity contribution is 6.30. The second kappa shape index (κ2) is 8.22. The van der Waals surface area contributed by atoms with Gasteiger partial charge in [-0.1, -0.05) is 17.7 Å². The van der Waals surface area contributed by atoms with Crippen molar-refractivity contribution in [2.45, 2.75) is 26.2 Å². The molecule has 28 heavy (non-hydrogen) atoms. The number of hydrogen-bond donors (Lipinski definition) is 1. The van der Waals surface area contributed by atoms with Crippen LogP contribution in [0.3, 0.4) is 0 Å². The van der Waals surface area contributed by atoms with Gasteiger partial charge in [-0.05, 0) is 38.0 Å². The minimum atomic E-state index is -0.530. The zero-order valence-corrected chi connectivity index (χ0v) is 16.9. The van der Waals surface area contributed by atoms with Crippen LogP contribution in [-0.2, 0) is 11.8 Å². The van der Waals surface area contributed by atoms with E-state index < -0.39 is 11.3 Å². The number of primary amides is 1. The van der Waals surface area contributed by atoms with Crippen LogP contribution in [-0.4, -0.2) is 46.2 Å². The van der Waals surface area contributed by atoms with E-state index in [2.05, 4.69) is 5.10 Å². The van der Waals surface area contributed by atoms with E-state index in [4.69, 9.17) is 22.1 Å². The molecule has 1 aliphatic rings. The van der Waals surface area contributed by atoms with Crippen LogP contribution in [0.15, 0.2) is 30.5 Å². The molecule has 0 spiro atoms. The molecule has 2 N–H and O–H groups in total. The first kappa shape index (κ1) is 20.2. The lowest BCUT2D eigenvalue weighted by atomic mass is 9.77. The standard InChI is InChI=1S/C20H25ClN4O3/c1-14-17(11-24(2)23-14)19(27)25-8-4-7-20(12-25,10-18(22)26)13-28-16-6-3-5-15(21)9-16/h3,5-6,9,11H,4,7-8,10,12-13H2,1-2H3,(H2,22,26)/t20-/m0/s1. The van der Waals surface area contributed by atoms with Gasteiger partial charge < -0.3 is 15.4 Å². The van der Waals surface area contributed by atoms with Crippen molar-refractivity contribution in [3.63, 3.8) is 0 Å². The van der Waals surface area contributed by atoms with Gasteiger partial charge >= 0.3 is 0 Å². The maximum absolute atomic E-state index is 13.0. The summed E-state index contributed by atoms with van der Waals surface area (Å²) < 4.78 is 7.58. The minimum absolute atomic E-state index is 0.0816. The number of benzene rings is 1. The van der Waals surface area contributed by atoms with Crippen LogP contribution in [0.4, 0.5) is 0 Å². The number of nitrogens with zero attached hydrogens (tertiary/aromatic N) is 3. The molecular weight excluding hydrogens is 380 g/mol. The van der Waals surface area contributed by atoms with Gasteiger partial charge in [-0.15, -0.1) is 0 Å². The molecule has 1 atom stereocenters. The van der Waals surface area contributed by atoms with Gasteiger partial charge in [0.2, 0.25) is 5.91 Å². The number of aromatic nitrogens is 2. The predicted molar refractivity (Wildman–Crippen MR) is 106 cm³/mol. The molecule has 3 rings (SSSR count). The van der Waals surface area contributed by atoms with Crippen LogP contribution < -0.4 is 10.5 Å². The number of rotatable bonds is 6. The van der Waals surface area contributed by atoms with Crippen LogP contribution in [0.2, 0.25) is 5.02 Å². The first-order chi connectivity index (χ1) is 13.3. The SMILES string of the molecule is Cc1nn(C)cc1C(=O)N1CCC[C@](COc2cccc(Cl)c2)(CC(N)=O)C1. The molecule has 2 amide bonds. The molecule has 2 aromatic rings. The van der Waals surface area contributed by atoms with Gasteiger partial charge in [0.15, 0.2) is 0 Å². The maximum Gasteiger partial charge on any atom is 0.257 e. The Morgan fingerprint density at radius 2 is 2.18 bits per heavy atom. The van der Waals surface area contributed by atoms with Crippen molar-refractivity contribution < 1.29 is 14.3 Å². The summed E-state index contributed by atoms with van der Waals surface area (Å²) in [5.41, 5.74) is 6.27. The molecule has 0 aliphatic carbocycles. The van der Waals surface area contributed by atoms with Crippen molar-refractivity contribution >= 4 is 23.4 Å². The summed E-state index contributed by atoms with van der Waals surface area (Å²) in [5, 5.41) is 4.83. The number of carbonyl (C=O) groups excluding carboxylic acids is 2. The molecule has 0 bridgehead atoms. The van der Waals surface area contributed by atoms with E-state index in [1.807, 2.05) is 13.0 Å². The summed E-state index contributed by atoms with van der Waals surface area (Å²) in [7, 11) is 1.79. The normalized spacial score (nSPS) is 19.5. The predicted octanol–water partition coefficient (Wildman–Crippen LogP) is 2.56. The summed E-state index contributed by atoms with van der Waals surface area (Å²) in [5.74, 6) is 0.145. The molecule has 1 fully saturated rings. The number of likely N-dealkylation sites (tertiary alicyclic amines) is 1. The number of amides is 2. The van der Waals surface area contributed by atoms with E-state index in [0.29, 0.717) is 35.1 Å². The van der Waals surface area contributed by atoms with Gasteiger partial charge in [-0.3, -0.25) is 14.3 Å². The molecule has 8 heteroatoms. The maximum atomic E-state index is 13.0. The summed E-state index contributed by atoms with van der Waals surface area (Å²) in [6, 6.07) is 7.12. The Balaban J connectivity index is 1.78. The Morgan fingerprint density at radius 3 is 2.82 bits per heavy atom. The summed E-state index contributed by atoms with van der Waals surface area (Å²) >= 11 is 6.02. The number of ether oxygens (including phenoxy) is 1. The molecular formula is C20H25ClN4O3. The molecule has 1 aliphatic heterocycles. The van der Waals surface area contributed by atoms with Gasteiger partial charge in [0.1, 0.15) is 5.75 Å². The Hall–Kier alpha value is -2.54. The van der Waals surface area contributed by atoms with Gasteiger partial charge in [0, 0.05) is 43.2 Å². The zero-order chi connectivity index (χ0) is 20.3. The van der Waals surface area contributed by atoms with Crippen LogP contribution in [0.25, 0.3) is 0 Å². The molecule has 1 aromatic carbocycles. The Bertz CT molecular complexity index is 882. The lowest BCUT2D eigenvalue weighted by molar-refractivity contribution is -0.122. The van der Waals surface area contributed by atoms with Gasteiger partial charge in [0.25, 0.3) is 5.91 Å². The van der Waals surface area contributed by atoms with Crippen molar-refractivity contribution in [3.8, 4) is 5.75 Å². The molecule has 150 valence electrons. The molecule has 1 aromatic heterocycles. The average molecular weight is 405 g/mol. The van der Waals surface area contributed by atoms with E-state index in [9.17, 15) is 9.59 Å². The highest BCUT2D eigenvalue weighted by Gasteiger charge is 2.40. The van der Waals surface area contributed by atoms with Crippen LogP contribution in [0.5, 0.6) is 5.75 Å². The molecule has 7 nitrogen and oxygen atoms in total. The third kappa shape index (κ3) is 4.65. The third-order valence-electron chi connectivity index (χ3n) is 5.08. The number of nitrogens with two attached hydrogens (primary N) is 1. The molecule has 0 unspecified atom stereocenters. The Morgan fingerprint density at radius 1 is 1.39 bits per heavy atom. The molecule has 0 radical (unpaired) electrons. The van der Waals surface area contributed by atoms with Crippen molar-refractivity contribution in [3.05, 3.63) is 46.7 Å². The molecule has 1 saturated heterocycles. The molecule has 2 heterocycles. The van der Waals surface area contributed by atoms with Crippen molar-refractivity contribution in [2.75, 3.05) is 19.7 Å². The number of halogens is 1. The highest BCUT2D eigenvalue weighted by atomic mass is 35.5. The lowest BCUT2D eigenvalue weighted by Gasteiger charge is -2.42.